The highest BCUT2D eigenvalue weighted by molar-refractivity contribution is 6.03. The molecule has 1 heterocycles. The maximum atomic E-state index is 12.4. The fourth-order valence-electron chi connectivity index (χ4n) is 3.97. The molecule has 0 spiro atoms. The van der Waals surface area contributed by atoms with Crippen molar-refractivity contribution >= 4 is 17.5 Å². The number of ether oxygens (including phenoxy) is 2. The summed E-state index contributed by atoms with van der Waals surface area (Å²) >= 11 is 0. The van der Waals surface area contributed by atoms with Crippen molar-refractivity contribution in [1.29, 1.82) is 0 Å². The number of hydrogen-bond acceptors (Lipinski definition) is 5. The van der Waals surface area contributed by atoms with E-state index < -0.39 is 24.3 Å². The SMILES string of the molecule is CCCCCCCCCCCCC(OC(C)=O)C1=C(c2ccccc2)C(O)OC1=O. The van der Waals surface area contributed by atoms with Crippen molar-refractivity contribution in [3.05, 3.63) is 41.5 Å². The Hall–Kier alpha value is -2.14. The Labute approximate surface area is 180 Å². The molecule has 2 rings (SSSR count). The number of carbonyl (C=O) groups excluding carboxylic acids is 2. The van der Waals surface area contributed by atoms with Gasteiger partial charge in [0.2, 0.25) is 6.29 Å². The van der Waals surface area contributed by atoms with E-state index in [0.29, 0.717) is 17.6 Å². The topological polar surface area (TPSA) is 72.8 Å². The summed E-state index contributed by atoms with van der Waals surface area (Å²) in [6.07, 6.45) is 10.6. The van der Waals surface area contributed by atoms with E-state index in [0.717, 1.165) is 19.3 Å². The molecule has 2 atom stereocenters. The van der Waals surface area contributed by atoms with Crippen molar-refractivity contribution in [2.75, 3.05) is 0 Å². The summed E-state index contributed by atoms with van der Waals surface area (Å²) in [5.74, 6) is -1.05. The van der Waals surface area contributed by atoms with E-state index in [1.54, 1.807) is 0 Å². The van der Waals surface area contributed by atoms with Crippen LogP contribution in [0, 0.1) is 0 Å². The van der Waals surface area contributed by atoms with Crippen LogP contribution in [-0.4, -0.2) is 29.4 Å². The Bertz CT molecular complexity index is 695. The van der Waals surface area contributed by atoms with Gasteiger partial charge in [-0.05, 0) is 18.4 Å². The molecule has 5 nitrogen and oxygen atoms in total. The zero-order valence-corrected chi connectivity index (χ0v) is 18.4. The van der Waals surface area contributed by atoms with E-state index in [1.807, 2.05) is 30.3 Å². The van der Waals surface area contributed by atoms with Crippen molar-refractivity contribution in [3.63, 3.8) is 0 Å². The number of rotatable bonds is 14. The zero-order valence-electron chi connectivity index (χ0n) is 18.4. The summed E-state index contributed by atoms with van der Waals surface area (Å²) in [5.41, 5.74) is 1.37. The van der Waals surface area contributed by atoms with Crippen LogP contribution in [0.25, 0.3) is 5.57 Å². The number of benzene rings is 1. The van der Waals surface area contributed by atoms with Gasteiger partial charge in [0.1, 0.15) is 6.10 Å². The fraction of sp³-hybridized carbons (Fsp3) is 0.600. The first-order chi connectivity index (χ1) is 14.5. The highest BCUT2D eigenvalue weighted by atomic mass is 16.6. The monoisotopic (exact) mass is 416 g/mol. The highest BCUT2D eigenvalue weighted by Gasteiger charge is 2.39. The average Bonchev–Trinajstić information content (AvgIpc) is 3.02. The number of esters is 2. The summed E-state index contributed by atoms with van der Waals surface area (Å²) in [6.45, 7) is 3.57. The summed E-state index contributed by atoms with van der Waals surface area (Å²) in [7, 11) is 0. The molecule has 0 radical (unpaired) electrons. The van der Waals surface area contributed by atoms with Gasteiger partial charge in [0.15, 0.2) is 0 Å². The number of aliphatic hydroxyl groups is 1. The molecule has 30 heavy (non-hydrogen) atoms. The van der Waals surface area contributed by atoms with E-state index in [1.165, 1.54) is 51.9 Å². The molecule has 0 saturated carbocycles. The molecule has 1 aromatic carbocycles. The minimum absolute atomic E-state index is 0.264. The summed E-state index contributed by atoms with van der Waals surface area (Å²) in [6, 6.07) is 9.15. The van der Waals surface area contributed by atoms with Gasteiger partial charge in [-0.1, -0.05) is 95.0 Å². The van der Waals surface area contributed by atoms with Gasteiger partial charge in [-0.15, -0.1) is 0 Å². The minimum Gasteiger partial charge on any atom is -0.457 e. The Balaban J connectivity index is 1.92. The highest BCUT2D eigenvalue weighted by Crippen LogP contribution is 2.34. The first-order valence-corrected chi connectivity index (χ1v) is 11.4. The molecule has 0 fully saturated rings. The van der Waals surface area contributed by atoms with Crippen LogP contribution in [0.5, 0.6) is 0 Å². The molecule has 1 aliphatic heterocycles. The molecule has 0 amide bonds. The van der Waals surface area contributed by atoms with Gasteiger partial charge in [0, 0.05) is 12.5 Å². The van der Waals surface area contributed by atoms with Gasteiger partial charge in [-0.25, -0.2) is 4.79 Å². The van der Waals surface area contributed by atoms with Crippen molar-refractivity contribution in [1.82, 2.24) is 0 Å². The molecule has 1 N–H and O–H groups in total. The largest absolute Gasteiger partial charge is 0.457 e. The van der Waals surface area contributed by atoms with Gasteiger partial charge in [-0.2, -0.15) is 0 Å². The number of unbranched alkanes of at least 4 members (excludes halogenated alkanes) is 9. The fourth-order valence-corrected chi connectivity index (χ4v) is 3.97. The van der Waals surface area contributed by atoms with Crippen LogP contribution in [0.1, 0.15) is 90.0 Å². The van der Waals surface area contributed by atoms with Gasteiger partial charge in [-0.3, -0.25) is 4.79 Å². The second-order valence-electron chi connectivity index (χ2n) is 8.02. The maximum Gasteiger partial charge on any atom is 0.340 e. The predicted octanol–water partition coefficient (Wildman–Crippen LogP) is 5.56. The second-order valence-corrected chi connectivity index (χ2v) is 8.02. The maximum absolute atomic E-state index is 12.4. The van der Waals surface area contributed by atoms with Crippen LogP contribution >= 0.6 is 0 Å². The molecule has 0 saturated heterocycles. The Morgan fingerprint density at radius 1 is 1.00 bits per heavy atom. The summed E-state index contributed by atoms with van der Waals surface area (Å²) in [4.78, 5) is 24.1. The average molecular weight is 417 g/mol. The molecule has 0 bridgehead atoms. The molecule has 1 aliphatic rings. The Morgan fingerprint density at radius 2 is 1.57 bits per heavy atom. The first-order valence-electron chi connectivity index (χ1n) is 11.4. The molecule has 5 heteroatoms. The van der Waals surface area contributed by atoms with Gasteiger partial charge < -0.3 is 14.6 Å². The lowest BCUT2D eigenvalue weighted by Crippen LogP contribution is -2.23. The number of aliphatic hydroxyl groups excluding tert-OH is 1. The van der Waals surface area contributed by atoms with E-state index in [2.05, 4.69) is 6.92 Å². The van der Waals surface area contributed by atoms with Crippen LogP contribution < -0.4 is 0 Å². The third-order valence-electron chi connectivity index (χ3n) is 5.51. The minimum atomic E-state index is -1.33. The molecular formula is C25H36O5. The number of carbonyl (C=O) groups is 2. The van der Waals surface area contributed by atoms with Crippen molar-refractivity contribution < 1.29 is 24.2 Å². The molecule has 0 aromatic heterocycles. The third kappa shape index (κ3) is 7.60. The quantitative estimate of drug-likeness (QED) is 0.318. The lowest BCUT2D eigenvalue weighted by molar-refractivity contribution is -0.153. The van der Waals surface area contributed by atoms with Crippen LogP contribution in [0.2, 0.25) is 0 Å². The second kappa shape index (κ2) is 13.2. The molecule has 1 aromatic rings. The zero-order chi connectivity index (χ0) is 21.8. The lowest BCUT2D eigenvalue weighted by atomic mass is 9.94. The van der Waals surface area contributed by atoms with Crippen molar-refractivity contribution in [3.8, 4) is 0 Å². The number of cyclic esters (lactones) is 1. The summed E-state index contributed by atoms with van der Waals surface area (Å²) < 4.78 is 10.5. The predicted molar refractivity (Wildman–Crippen MR) is 117 cm³/mol. The van der Waals surface area contributed by atoms with Crippen molar-refractivity contribution in [2.45, 2.75) is 96.9 Å². The van der Waals surface area contributed by atoms with Crippen LogP contribution in [-0.2, 0) is 19.1 Å². The van der Waals surface area contributed by atoms with Crippen LogP contribution in [0.3, 0.4) is 0 Å². The van der Waals surface area contributed by atoms with Crippen LogP contribution in [0.15, 0.2) is 35.9 Å². The van der Waals surface area contributed by atoms with Gasteiger partial charge in [0.05, 0.1) is 5.57 Å². The van der Waals surface area contributed by atoms with E-state index >= 15 is 0 Å². The normalized spacial score (nSPS) is 17.2. The molecular weight excluding hydrogens is 380 g/mol. The van der Waals surface area contributed by atoms with Gasteiger partial charge in [0.25, 0.3) is 0 Å². The van der Waals surface area contributed by atoms with E-state index in [9.17, 15) is 14.7 Å². The van der Waals surface area contributed by atoms with E-state index in [4.69, 9.17) is 9.47 Å². The third-order valence-corrected chi connectivity index (χ3v) is 5.51. The molecule has 0 aliphatic carbocycles. The first kappa shape index (κ1) is 24.1. The van der Waals surface area contributed by atoms with Crippen molar-refractivity contribution in [2.24, 2.45) is 0 Å². The Morgan fingerprint density at radius 3 is 2.13 bits per heavy atom. The number of hydrogen-bond donors (Lipinski definition) is 1. The molecule has 166 valence electrons. The lowest BCUT2D eigenvalue weighted by Gasteiger charge is -2.18. The standard InChI is InChI=1S/C25H36O5/c1-3-4-5-6-7-8-9-10-11-15-18-21(29-19(2)26)23-22(24(27)30-25(23)28)20-16-13-12-14-17-20/h12-14,16-17,21,24,27H,3-11,15,18H2,1-2H3. The Kier molecular flexibility index (Phi) is 10.6. The smallest absolute Gasteiger partial charge is 0.340 e. The van der Waals surface area contributed by atoms with E-state index in [-0.39, 0.29) is 5.57 Å². The van der Waals surface area contributed by atoms with Gasteiger partial charge >= 0.3 is 11.9 Å². The summed E-state index contributed by atoms with van der Waals surface area (Å²) in [5, 5.41) is 10.3. The molecule has 2 unspecified atom stereocenters. The van der Waals surface area contributed by atoms with Crippen LogP contribution in [0.4, 0.5) is 0 Å².